The van der Waals surface area contributed by atoms with Crippen LogP contribution in [0.15, 0.2) is 0 Å². The molecule has 0 spiro atoms. The molecule has 0 saturated heterocycles. The molecule has 0 bridgehead atoms. The zero-order chi connectivity index (χ0) is 18.9. The Labute approximate surface area is 156 Å². The summed E-state index contributed by atoms with van der Waals surface area (Å²) in [4.78, 5) is 10.6. The molecule has 0 aromatic carbocycles. The van der Waals surface area contributed by atoms with E-state index in [9.17, 15) is 5.11 Å². The zero-order valence-electron chi connectivity index (χ0n) is 17.2. The van der Waals surface area contributed by atoms with Crippen LogP contribution in [-0.2, 0) is 9.68 Å². The van der Waals surface area contributed by atoms with Crippen molar-refractivity contribution in [3.8, 4) is 0 Å². The standard InChI is InChI=1S/C20H44N2O3/c1-5-6-7-8-9-10-11-12-13-14-19(21)15-20(23)16-22(24-4)25-17-18(2)3/h18-20,23H,5-17,21H2,1-4H3/t19?,20-/m0/s1. The van der Waals surface area contributed by atoms with Gasteiger partial charge in [-0.05, 0) is 18.8 Å². The average molecular weight is 361 g/mol. The minimum absolute atomic E-state index is 0.0448. The highest BCUT2D eigenvalue weighted by molar-refractivity contribution is 4.68. The molecule has 0 saturated carbocycles. The largest absolute Gasteiger partial charge is 0.392 e. The topological polar surface area (TPSA) is 68.0 Å². The molecular weight excluding hydrogens is 316 g/mol. The summed E-state index contributed by atoms with van der Waals surface area (Å²) >= 11 is 0. The number of aliphatic hydroxyl groups excluding tert-OH is 1. The van der Waals surface area contributed by atoms with Crippen molar-refractivity contribution >= 4 is 0 Å². The van der Waals surface area contributed by atoms with Gasteiger partial charge in [0.15, 0.2) is 0 Å². The van der Waals surface area contributed by atoms with Crippen molar-refractivity contribution in [2.45, 2.75) is 104 Å². The molecule has 0 aliphatic carbocycles. The van der Waals surface area contributed by atoms with Crippen LogP contribution in [0.1, 0.15) is 91.4 Å². The summed E-state index contributed by atoms with van der Waals surface area (Å²) < 4.78 is 0. The Bertz CT molecular complexity index is 278. The van der Waals surface area contributed by atoms with Crippen molar-refractivity contribution in [1.82, 2.24) is 5.23 Å². The Morgan fingerprint density at radius 1 is 0.960 bits per heavy atom. The maximum Gasteiger partial charge on any atom is 0.0777 e. The molecule has 3 N–H and O–H groups in total. The van der Waals surface area contributed by atoms with Crippen LogP contribution in [0.4, 0.5) is 0 Å². The fourth-order valence-electron chi connectivity index (χ4n) is 2.84. The number of rotatable bonds is 18. The van der Waals surface area contributed by atoms with E-state index in [4.69, 9.17) is 15.4 Å². The molecule has 0 fully saturated rings. The number of nitrogens with zero attached hydrogens (tertiary/aromatic N) is 1. The molecule has 0 aliphatic heterocycles. The highest BCUT2D eigenvalue weighted by Crippen LogP contribution is 2.13. The van der Waals surface area contributed by atoms with E-state index in [0.717, 1.165) is 12.8 Å². The molecule has 152 valence electrons. The van der Waals surface area contributed by atoms with Gasteiger partial charge in [-0.1, -0.05) is 83.8 Å². The van der Waals surface area contributed by atoms with Crippen molar-refractivity contribution in [3.05, 3.63) is 0 Å². The van der Waals surface area contributed by atoms with Gasteiger partial charge < -0.3 is 10.8 Å². The molecule has 0 heterocycles. The Hall–Kier alpha value is -0.200. The van der Waals surface area contributed by atoms with Crippen LogP contribution in [0.2, 0.25) is 0 Å². The summed E-state index contributed by atoms with van der Waals surface area (Å²) in [5.74, 6) is 0.420. The second kappa shape index (κ2) is 17.2. The Morgan fingerprint density at radius 2 is 1.52 bits per heavy atom. The van der Waals surface area contributed by atoms with Gasteiger partial charge in [0.25, 0.3) is 0 Å². The Morgan fingerprint density at radius 3 is 2.04 bits per heavy atom. The van der Waals surface area contributed by atoms with E-state index in [2.05, 4.69) is 20.8 Å². The summed E-state index contributed by atoms with van der Waals surface area (Å²) in [7, 11) is 1.55. The number of hydrogen-bond acceptors (Lipinski definition) is 5. The molecule has 0 aromatic rings. The minimum atomic E-state index is -0.527. The Kier molecular flexibility index (Phi) is 17.1. The van der Waals surface area contributed by atoms with Crippen molar-refractivity contribution in [2.24, 2.45) is 11.7 Å². The van der Waals surface area contributed by atoms with E-state index in [1.807, 2.05) is 0 Å². The van der Waals surface area contributed by atoms with Crippen LogP contribution in [-0.4, -0.2) is 42.7 Å². The van der Waals surface area contributed by atoms with Gasteiger partial charge in [-0.15, -0.1) is 0 Å². The van der Waals surface area contributed by atoms with Gasteiger partial charge in [0.2, 0.25) is 0 Å². The number of unbranched alkanes of at least 4 members (excludes halogenated alkanes) is 8. The summed E-state index contributed by atoms with van der Waals surface area (Å²) in [5, 5.41) is 11.5. The third-order valence-corrected chi connectivity index (χ3v) is 4.37. The maximum atomic E-state index is 10.1. The fraction of sp³-hybridized carbons (Fsp3) is 1.00. The monoisotopic (exact) mass is 360 g/mol. The first-order valence-electron chi connectivity index (χ1n) is 10.4. The second-order valence-electron chi connectivity index (χ2n) is 7.65. The van der Waals surface area contributed by atoms with Gasteiger partial charge in [-0.2, -0.15) is 0 Å². The first-order chi connectivity index (χ1) is 12.0. The minimum Gasteiger partial charge on any atom is -0.392 e. The van der Waals surface area contributed by atoms with Gasteiger partial charge in [-0.25, -0.2) is 0 Å². The molecule has 0 aliphatic rings. The van der Waals surface area contributed by atoms with Gasteiger partial charge in [0.1, 0.15) is 0 Å². The normalized spacial score (nSPS) is 14.4. The lowest BCUT2D eigenvalue weighted by Gasteiger charge is -2.24. The van der Waals surface area contributed by atoms with Gasteiger partial charge in [0, 0.05) is 6.04 Å². The van der Waals surface area contributed by atoms with E-state index in [-0.39, 0.29) is 6.04 Å². The molecule has 0 radical (unpaired) electrons. The molecule has 5 nitrogen and oxygen atoms in total. The van der Waals surface area contributed by atoms with Gasteiger partial charge in [0.05, 0.1) is 26.4 Å². The summed E-state index contributed by atoms with van der Waals surface area (Å²) in [6.45, 7) is 7.31. The molecule has 2 atom stereocenters. The SMILES string of the molecule is CCCCCCCCCCCC(N)C[C@H](O)CN(OC)OCC(C)C. The van der Waals surface area contributed by atoms with Gasteiger partial charge >= 0.3 is 0 Å². The maximum absolute atomic E-state index is 10.1. The quantitative estimate of drug-likeness (QED) is 0.279. The smallest absolute Gasteiger partial charge is 0.0777 e. The number of aliphatic hydroxyl groups is 1. The highest BCUT2D eigenvalue weighted by Gasteiger charge is 2.16. The first-order valence-corrected chi connectivity index (χ1v) is 10.4. The third-order valence-electron chi connectivity index (χ3n) is 4.37. The molecule has 0 rings (SSSR count). The second-order valence-corrected chi connectivity index (χ2v) is 7.65. The van der Waals surface area contributed by atoms with E-state index in [1.165, 1.54) is 56.6 Å². The number of hydrogen-bond donors (Lipinski definition) is 2. The van der Waals surface area contributed by atoms with Crippen molar-refractivity contribution in [2.75, 3.05) is 20.3 Å². The lowest BCUT2D eigenvalue weighted by Crippen LogP contribution is -2.36. The van der Waals surface area contributed by atoms with E-state index in [1.54, 1.807) is 7.11 Å². The average Bonchev–Trinajstić information content (AvgIpc) is 2.56. The van der Waals surface area contributed by atoms with Crippen LogP contribution in [0, 0.1) is 5.92 Å². The van der Waals surface area contributed by atoms with Crippen LogP contribution in [0.25, 0.3) is 0 Å². The van der Waals surface area contributed by atoms with Crippen molar-refractivity contribution in [3.63, 3.8) is 0 Å². The molecular formula is C20H44N2O3. The van der Waals surface area contributed by atoms with E-state index >= 15 is 0 Å². The van der Waals surface area contributed by atoms with Crippen LogP contribution < -0.4 is 5.73 Å². The summed E-state index contributed by atoms with van der Waals surface area (Å²) in [6.07, 6.45) is 12.9. The molecule has 1 unspecified atom stereocenters. The fourth-order valence-corrected chi connectivity index (χ4v) is 2.84. The van der Waals surface area contributed by atoms with E-state index in [0.29, 0.717) is 25.5 Å². The van der Waals surface area contributed by atoms with Crippen LogP contribution in [0.3, 0.4) is 0 Å². The predicted octanol–water partition coefficient (Wildman–Crippen LogP) is 4.44. The van der Waals surface area contributed by atoms with E-state index < -0.39 is 6.10 Å². The Balaban J connectivity index is 3.61. The number of hydroxylamine groups is 2. The van der Waals surface area contributed by atoms with Crippen molar-refractivity contribution < 1.29 is 14.8 Å². The highest BCUT2D eigenvalue weighted by atomic mass is 16.9. The predicted molar refractivity (Wildman–Crippen MR) is 105 cm³/mol. The number of nitrogens with two attached hydrogens (primary N) is 1. The molecule has 5 heteroatoms. The molecule has 0 aromatic heterocycles. The lowest BCUT2D eigenvalue weighted by atomic mass is 10.0. The first kappa shape index (κ1) is 24.8. The summed E-state index contributed by atoms with van der Waals surface area (Å²) in [6, 6.07) is 0.0448. The molecule has 0 amide bonds. The summed E-state index contributed by atoms with van der Waals surface area (Å²) in [5.41, 5.74) is 6.15. The zero-order valence-corrected chi connectivity index (χ0v) is 17.2. The van der Waals surface area contributed by atoms with Crippen molar-refractivity contribution in [1.29, 1.82) is 0 Å². The third kappa shape index (κ3) is 17.0. The van der Waals surface area contributed by atoms with Gasteiger partial charge in [-0.3, -0.25) is 9.68 Å². The lowest BCUT2D eigenvalue weighted by molar-refractivity contribution is -0.365. The van der Waals surface area contributed by atoms with Crippen LogP contribution >= 0.6 is 0 Å². The van der Waals surface area contributed by atoms with Crippen LogP contribution in [0.5, 0.6) is 0 Å². The molecule has 25 heavy (non-hydrogen) atoms.